The normalized spacial score (nSPS) is 20.8. The third-order valence-electron chi connectivity index (χ3n) is 2.91. The van der Waals surface area contributed by atoms with E-state index in [4.69, 9.17) is 5.73 Å². The van der Waals surface area contributed by atoms with Crippen molar-refractivity contribution >= 4 is 15.7 Å². The molecule has 0 bridgehead atoms. The summed E-state index contributed by atoms with van der Waals surface area (Å²) >= 11 is 0. The number of anilines is 1. The molecule has 16 heavy (non-hydrogen) atoms. The van der Waals surface area contributed by atoms with Crippen LogP contribution in [0.1, 0.15) is 18.5 Å². The maximum absolute atomic E-state index is 11.2. The quantitative estimate of drug-likeness (QED) is 0.811. The van der Waals surface area contributed by atoms with Gasteiger partial charge in [0.15, 0.2) is 0 Å². The van der Waals surface area contributed by atoms with Crippen LogP contribution >= 0.6 is 0 Å². The average molecular weight is 241 g/mol. The van der Waals surface area contributed by atoms with Gasteiger partial charge < -0.3 is 5.73 Å². The Morgan fingerprint density at radius 2 is 1.94 bits per heavy atom. The number of hydrogen-bond acceptors (Lipinski definition) is 5. The molecule has 0 radical (unpaired) electrons. The van der Waals surface area contributed by atoms with Crippen LogP contribution in [0.25, 0.3) is 0 Å². The number of rotatable bonds is 2. The minimum absolute atomic E-state index is 0.306. The summed E-state index contributed by atoms with van der Waals surface area (Å²) in [7, 11) is -2.77. The van der Waals surface area contributed by atoms with Crippen molar-refractivity contribution in [3.05, 3.63) is 17.8 Å². The Morgan fingerprint density at radius 3 is 2.50 bits per heavy atom. The lowest BCUT2D eigenvalue weighted by Gasteiger charge is -2.21. The second-order valence-corrected chi connectivity index (χ2v) is 6.55. The second kappa shape index (κ2) is 4.37. The Hall–Kier alpha value is -1.17. The number of nitrogen functional groups attached to an aromatic ring is 1. The predicted molar refractivity (Wildman–Crippen MR) is 61.5 cm³/mol. The molecular weight excluding hydrogens is 226 g/mol. The molecule has 2 heterocycles. The summed E-state index contributed by atoms with van der Waals surface area (Å²) in [4.78, 5) is 0. The Kier molecular flexibility index (Phi) is 3.09. The second-order valence-electron chi connectivity index (χ2n) is 4.25. The van der Waals surface area contributed by atoms with Gasteiger partial charge in [0.05, 0.1) is 17.2 Å². The lowest BCUT2D eigenvalue weighted by molar-refractivity contribution is 0.457. The van der Waals surface area contributed by atoms with E-state index in [0.29, 0.717) is 23.2 Å². The summed E-state index contributed by atoms with van der Waals surface area (Å²) in [5, 5.41) is 7.77. The van der Waals surface area contributed by atoms with E-state index >= 15 is 0 Å². The van der Waals surface area contributed by atoms with Crippen LogP contribution in [-0.2, 0) is 16.3 Å². The number of sulfone groups is 1. The topological polar surface area (TPSA) is 85.9 Å². The van der Waals surface area contributed by atoms with Crippen molar-refractivity contribution in [1.82, 2.24) is 10.2 Å². The van der Waals surface area contributed by atoms with Crippen LogP contribution in [0.15, 0.2) is 12.1 Å². The summed E-state index contributed by atoms with van der Waals surface area (Å²) in [6.07, 6.45) is 2.26. The van der Waals surface area contributed by atoms with E-state index in [9.17, 15) is 8.42 Å². The molecule has 1 aromatic heterocycles. The summed E-state index contributed by atoms with van der Waals surface area (Å²) in [6.45, 7) is 0. The fourth-order valence-electron chi connectivity index (χ4n) is 1.92. The number of nitrogens with zero attached hydrogens (tertiary/aromatic N) is 2. The van der Waals surface area contributed by atoms with Gasteiger partial charge in [0.1, 0.15) is 15.7 Å². The van der Waals surface area contributed by atoms with Crippen LogP contribution < -0.4 is 5.73 Å². The molecule has 0 atom stereocenters. The monoisotopic (exact) mass is 241 g/mol. The minimum Gasteiger partial charge on any atom is -0.382 e. The van der Waals surface area contributed by atoms with E-state index in [2.05, 4.69) is 10.2 Å². The van der Waals surface area contributed by atoms with Gasteiger partial charge in [0.2, 0.25) is 0 Å². The molecule has 2 N–H and O–H groups in total. The maximum Gasteiger partial charge on any atom is 0.150 e. The predicted octanol–water partition coefficient (Wildman–Crippen LogP) is 0.426. The Morgan fingerprint density at radius 1 is 1.25 bits per heavy atom. The highest BCUT2D eigenvalue weighted by molar-refractivity contribution is 7.91. The molecule has 88 valence electrons. The molecule has 1 aliphatic rings. The van der Waals surface area contributed by atoms with E-state index < -0.39 is 9.84 Å². The number of aromatic nitrogens is 2. The van der Waals surface area contributed by atoms with Crippen molar-refractivity contribution in [2.75, 3.05) is 17.2 Å². The molecular formula is C10H15N3O2S. The standard InChI is InChI=1S/C10H15N3O2S/c11-10-2-1-9(12-13-10)7-8-3-5-16(14,15)6-4-8/h1-2,8H,3-7H2,(H2,11,13). The first-order valence-corrected chi connectivity index (χ1v) is 7.16. The van der Waals surface area contributed by atoms with Gasteiger partial charge in [-0.3, -0.25) is 0 Å². The fraction of sp³-hybridized carbons (Fsp3) is 0.600. The highest BCUT2D eigenvalue weighted by Gasteiger charge is 2.23. The van der Waals surface area contributed by atoms with E-state index in [0.717, 1.165) is 25.0 Å². The first-order valence-electron chi connectivity index (χ1n) is 5.34. The summed E-state index contributed by atoms with van der Waals surface area (Å²) in [5.74, 6) is 1.43. The molecule has 0 amide bonds. The zero-order chi connectivity index (χ0) is 11.6. The number of hydrogen-bond donors (Lipinski definition) is 1. The van der Waals surface area contributed by atoms with E-state index in [1.54, 1.807) is 6.07 Å². The summed E-state index contributed by atoms with van der Waals surface area (Å²) < 4.78 is 22.5. The molecule has 0 spiro atoms. The SMILES string of the molecule is Nc1ccc(CC2CCS(=O)(=O)CC2)nn1. The van der Waals surface area contributed by atoms with Gasteiger partial charge in [-0.2, -0.15) is 5.10 Å². The van der Waals surface area contributed by atoms with Crippen LogP contribution in [0.2, 0.25) is 0 Å². The van der Waals surface area contributed by atoms with Crippen molar-refractivity contribution in [2.24, 2.45) is 5.92 Å². The lowest BCUT2D eigenvalue weighted by Crippen LogP contribution is -2.24. The molecule has 1 fully saturated rings. The average Bonchev–Trinajstić information content (AvgIpc) is 2.24. The molecule has 0 aromatic carbocycles. The first kappa shape index (κ1) is 11.3. The van der Waals surface area contributed by atoms with Crippen LogP contribution in [0.5, 0.6) is 0 Å². The zero-order valence-electron chi connectivity index (χ0n) is 8.96. The van der Waals surface area contributed by atoms with Gasteiger partial charge in [0.25, 0.3) is 0 Å². The molecule has 0 aliphatic carbocycles. The highest BCUT2D eigenvalue weighted by Crippen LogP contribution is 2.22. The van der Waals surface area contributed by atoms with Gasteiger partial charge in [-0.1, -0.05) is 0 Å². The fourth-order valence-corrected chi connectivity index (χ4v) is 3.51. The summed E-state index contributed by atoms with van der Waals surface area (Å²) in [5.41, 5.74) is 6.33. The largest absolute Gasteiger partial charge is 0.382 e. The third kappa shape index (κ3) is 2.91. The molecule has 0 unspecified atom stereocenters. The van der Waals surface area contributed by atoms with Crippen LogP contribution in [0.3, 0.4) is 0 Å². The van der Waals surface area contributed by atoms with Crippen LogP contribution in [-0.4, -0.2) is 30.1 Å². The van der Waals surface area contributed by atoms with E-state index in [-0.39, 0.29) is 0 Å². The first-order chi connectivity index (χ1) is 7.55. The molecule has 1 aliphatic heterocycles. The van der Waals surface area contributed by atoms with Gasteiger partial charge in [-0.05, 0) is 37.3 Å². The molecule has 5 nitrogen and oxygen atoms in total. The van der Waals surface area contributed by atoms with Crippen molar-refractivity contribution in [1.29, 1.82) is 0 Å². The lowest BCUT2D eigenvalue weighted by atomic mass is 9.97. The van der Waals surface area contributed by atoms with E-state index in [1.807, 2.05) is 6.07 Å². The zero-order valence-corrected chi connectivity index (χ0v) is 9.78. The van der Waals surface area contributed by atoms with Crippen LogP contribution in [0, 0.1) is 5.92 Å². The van der Waals surface area contributed by atoms with Crippen molar-refractivity contribution in [3.63, 3.8) is 0 Å². The Balaban J connectivity index is 1.94. The Labute approximate surface area is 95.0 Å². The van der Waals surface area contributed by atoms with Crippen molar-refractivity contribution in [2.45, 2.75) is 19.3 Å². The smallest absolute Gasteiger partial charge is 0.150 e. The number of nitrogens with two attached hydrogens (primary N) is 1. The molecule has 1 saturated heterocycles. The minimum atomic E-state index is -2.77. The molecule has 6 heteroatoms. The Bertz CT molecular complexity index is 441. The molecule has 2 rings (SSSR count). The van der Waals surface area contributed by atoms with E-state index in [1.165, 1.54) is 0 Å². The molecule has 0 saturated carbocycles. The van der Waals surface area contributed by atoms with Gasteiger partial charge in [-0.25, -0.2) is 8.42 Å². The third-order valence-corrected chi connectivity index (χ3v) is 4.63. The molecule has 1 aromatic rings. The van der Waals surface area contributed by atoms with Gasteiger partial charge in [0, 0.05) is 0 Å². The van der Waals surface area contributed by atoms with Gasteiger partial charge in [-0.15, -0.1) is 5.10 Å². The van der Waals surface area contributed by atoms with Crippen LogP contribution in [0.4, 0.5) is 5.82 Å². The van der Waals surface area contributed by atoms with Gasteiger partial charge >= 0.3 is 0 Å². The maximum atomic E-state index is 11.2. The van der Waals surface area contributed by atoms with Crippen molar-refractivity contribution < 1.29 is 8.42 Å². The highest BCUT2D eigenvalue weighted by atomic mass is 32.2. The summed E-state index contributed by atoms with van der Waals surface area (Å²) in [6, 6.07) is 3.58. The van der Waals surface area contributed by atoms with Crippen molar-refractivity contribution in [3.8, 4) is 0 Å².